The molecule has 1 amide bonds. The highest BCUT2D eigenvalue weighted by Gasteiger charge is 2.49. The molecule has 2 heterocycles. The van der Waals surface area contributed by atoms with Crippen LogP contribution < -0.4 is 9.64 Å². The molecule has 6 nitrogen and oxygen atoms in total. The van der Waals surface area contributed by atoms with Crippen molar-refractivity contribution in [3.05, 3.63) is 86.3 Å². The maximum absolute atomic E-state index is 13.3. The number of aliphatic hydroxyl groups is 1. The first-order valence-electron chi connectivity index (χ1n) is 10.1. The summed E-state index contributed by atoms with van der Waals surface area (Å²) in [5, 5.41) is 11.7. The highest BCUT2D eigenvalue weighted by Crippen LogP contribution is 2.46. The molecule has 4 rings (SSSR count). The summed E-state index contributed by atoms with van der Waals surface area (Å²) in [6, 6.07) is 10.8. The Kier molecular flexibility index (Phi) is 5.99. The zero-order chi connectivity index (χ0) is 24.0. The van der Waals surface area contributed by atoms with E-state index in [2.05, 4.69) is 0 Å². The van der Waals surface area contributed by atoms with Gasteiger partial charge in [0.25, 0.3) is 11.7 Å². The van der Waals surface area contributed by atoms with Gasteiger partial charge in [0.15, 0.2) is 0 Å². The van der Waals surface area contributed by atoms with Crippen LogP contribution in [0.4, 0.5) is 5.69 Å². The summed E-state index contributed by atoms with van der Waals surface area (Å²) < 4.78 is 11.2. The molecule has 170 valence electrons. The number of amides is 1. The van der Waals surface area contributed by atoms with Crippen molar-refractivity contribution in [2.45, 2.75) is 26.8 Å². The van der Waals surface area contributed by atoms with E-state index in [-0.39, 0.29) is 26.9 Å². The largest absolute Gasteiger partial charge is 0.507 e. The molecule has 0 saturated carbocycles. The van der Waals surface area contributed by atoms with Crippen molar-refractivity contribution in [1.82, 2.24) is 0 Å². The van der Waals surface area contributed by atoms with Gasteiger partial charge < -0.3 is 14.3 Å². The molecule has 1 unspecified atom stereocenters. The van der Waals surface area contributed by atoms with Gasteiger partial charge in [-0.15, -0.1) is 0 Å². The number of hydrogen-bond acceptors (Lipinski definition) is 5. The van der Waals surface area contributed by atoms with Crippen LogP contribution >= 0.6 is 23.2 Å². The van der Waals surface area contributed by atoms with Gasteiger partial charge in [-0.25, -0.2) is 0 Å². The summed E-state index contributed by atoms with van der Waals surface area (Å²) in [6.45, 7) is 5.54. The standard InChI is InChI=1S/C25H21Cl2NO5/c1-12-6-5-7-18(14(12)3)28-21(19-9-8-13(2)33-19)20(23(30)25(28)31)22(29)16-10-15(26)11-17(27)24(16)32-4/h5-11,21,29H,1-4H3/b22-20+. The lowest BCUT2D eigenvalue weighted by atomic mass is 9.98. The number of carbonyl (C=O) groups excluding carboxylic acids is 2. The van der Waals surface area contributed by atoms with Crippen LogP contribution in [0.15, 0.2) is 52.5 Å². The van der Waals surface area contributed by atoms with Crippen LogP contribution in [0.25, 0.3) is 5.76 Å². The number of rotatable bonds is 4. The molecule has 1 saturated heterocycles. The van der Waals surface area contributed by atoms with Crippen LogP contribution in [0.2, 0.25) is 10.0 Å². The monoisotopic (exact) mass is 485 g/mol. The summed E-state index contributed by atoms with van der Waals surface area (Å²) in [7, 11) is 1.38. The van der Waals surface area contributed by atoms with Crippen LogP contribution in [-0.4, -0.2) is 23.9 Å². The smallest absolute Gasteiger partial charge is 0.300 e. The third-order valence-corrected chi connectivity index (χ3v) is 6.28. The molecule has 33 heavy (non-hydrogen) atoms. The van der Waals surface area contributed by atoms with Gasteiger partial charge in [0.05, 0.1) is 23.3 Å². The summed E-state index contributed by atoms with van der Waals surface area (Å²) >= 11 is 12.4. The maximum Gasteiger partial charge on any atom is 0.300 e. The van der Waals surface area contributed by atoms with E-state index >= 15 is 0 Å². The Balaban J connectivity index is 2.03. The Morgan fingerprint density at radius 3 is 2.45 bits per heavy atom. The van der Waals surface area contributed by atoms with Gasteiger partial charge in [0, 0.05) is 10.7 Å². The first-order chi connectivity index (χ1) is 15.6. The third kappa shape index (κ3) is 3.79. The van der Waals surface area contributed by atoms with Gasteiger partial charge in [-0.1, -0.05) is 35.3 Å². The summed E-state index contributed by atoms with van der Waals surface area (Å²) in [5.41, 5.74) is 2.28. The fourth-order valence-corrected chi connectivity index (χ4v) is 4.61. The second-order valence-electron chi connectivity index (χ2n) is 7.80. The van der Waals surface area contributed by atoms with Gasteiger partial charge in [-0.3, -0.25) is 14.5 Å². The number of carbonyl (C=O) groups is 2. The van der Waals surface area contributed by atoms with Gasteiger partial charge >= 0.3 is 0 Å². The summed E-state index contributed by atoms with van der Waals surface area (Å²) in [6.07, 6.45) is 0. The number of aliphatic hydroxyl groups excluding tert-OH is 1. The summed E-state index contributed by atoms with van der Waals surface area (Å²) in [4.78, 5) is 28.0. The molecular formula is C25H21Cl2NO5. The van der Waals surface area contributed by atoms with E-state index in [9.17, 15) is 14.7 Å². The molecule has 3 aromatic rings. The molecule has 2 aromatic carbocycles. The van der Waals surface area contributed by atoms with E-state index < -0.39 is 23.5 Å². The van der Waals surface area contributed by atoms with E-state index in [0.717, 1.165) is 11.1 Å². The Bertz CT molecular complexity index is 1320. The highest BCUT2D eigenvalue weighted by molar-refractivity contribution is 6.52. The van der Waals surface area contributed by atoms with Crippen LogP contribution in [-0.2, 0) is 9.59 Å². The maximum atomic E-state index is 13.3. The van der Waals surface area contributed by atoms with Gasteiger partial charge in [0.1, 0.15) is 29.1 Å². The zero-order valence-electron chi connectivity index (χ0n) is 18.4. The topological polar surface area (TPSA) is 80.0 Å². The average Bonchev–Trinajstić information content (AvgIpc) is 3.30. The van der Waals surface area contributed by atoms with Crippen molar-refractivity contribution < 1.29 is 23.8 Å². The molecule has 0 bridgehead atoms. The SMILES string of the molecule is COc1c(Cl)cc(Cl)cc1/C(O)=C1\C(=O)C(=O)N(c2cccc(C)c2C)C1c1ccc(C)o1. The van der Waals surface area contributed by atoms with Crippen molar-refractivity contribution in [2.24, 2.45) is 0 Å². The Morgan fingerprint density at radius 2 is 1.82 bits per heavy atom. The molecule has 1 aromatic heterocycles. The molecule has 0 aliphatic carbocycles. The number of aryl methyl sites for hydroxylation is 2. The number of halogens is 2. The van der Waals surface area contributed by atoms with Crippen LogP contribution in [0.5, 0.6) is 5.75 Å². The second kappa shape index (κ2) is 8.61. The van der Waals surface area contributed by atoms with Gasteiger partial charge in [0.2, 0.25) is 0 Å². The lowest BCUT2D eigenvalue weighted by Crippen LogP contribution is -2.30. The minimum atomic E-state index is -0.998. The number of methoxy groups -OCH3 is 1. The highest BCUT2D eigenvalue weighted by atomic mass is 35.5. The number of nitrogens with zero attached hydrogens (tertiary/aromatic N) is 1. The molecular weight excluding hydrogens is 465 g/mol. The molecule has 1 N–H and O–H groups in total. The van der Waals surface area contributed by atoms with Crippen LogP contribution in [0, 0.1) is 20.8 Å². The van der Waals surface area contributed by atoms with Crippen molar-refractivity contribution >= 4 is 46.3 Å². The fraction of sp³-hybridized carbons (Fsp3) is 0.200. The molecule has 0 radical (unpaired) electrons. The molecule has 1 aliphatic rings. The minimum absolute atomic E-state index is 0.0993. The summed E-state index contributed by atoms with van der Waals surface area (Å²) in [5.74, 6) is -1.03. The van der Waals surface area contributed by atoms with Crippen molar-refractivity contribution in [1.29, 1.82) is 0 Å². The number of furan rings is 1. The van der Waals surface area contributed by atoms with Crippen molar-refractivity contribution in [3.63, 3.8) is 0 Å². The van der Waals surface area contributed by atoms with Crippen LogP contribution in [0.3, 0.4) is 0 Å². The molecule has 1 fully saturated rings. The van der Waals surface area contributed by atoms with E-state index in [1.54, 1.807) is 31.2 Å². The normalized spacial score (nSPS) is 17.6. The minimum Gasteiger partial charge on any atom is -0.507 e. The number of benzene rings is 2. The zero-order valence-corrected chi connectivity index (χ0v) is 19.9. The Labute approximate surface area is 201 Å². The van der Waals surface area contributed by atoms with E-state index in [1.165, 1.54) is 24.1 Å². The molecule has 1 atom stereocenters. The van der Waals surface area contributed by atoms with Crippen LogP contribution in [0.1, 0.15) is 34.3 Å². The fourth-order valence-electron chi connectivity index (χ4n) is 4.04. The predicted molar refractivity (Wildman–Crippen MR) is 127 cm³/mol. The second-order valence-corrected chi connectivity index (χ2v) is 8.65. The van der Waals surface area contributed by atoms with E-state index in [4.69, 9.17) is 32.4 Å². The van der Waals surface area contributed by atoms with E-state index in [0.29, 0.717) is 17.2 Å². The first kappa shape index (κ1) is 23.0. The van der Waals surface area contributed by atoms with E-state index in [1.807, 2.05) is 19.9 Å². The number of ether oxygens (including phenoxy) is 1. The van der Waals surface area contributed by atoms with Gasteiger partial charge in [-0.2, -0.15) is 0 Å². The third-order valence-electron chi connectivity index (χ3n) is 5.78. The number of ketones is 1. The molecule has 1 aliphatic heterocycles. The number of hydrogen-bond donors (Lipinski definition) is 1. The van der Waals surface area contributed by atoms with Crippen molar-refractivity contribution in [3.8, 4) is 5.75 Å². The lowest BCUT2D eigenvalue weighted by molar-refractivity contribution is -0.132. The molecule has 8 heteroatoms. The predicted octanol–water partition coefficient (Wildman–Crippen LogP) is 6.15. The number of Topliss-reactive ketones (excluding diaryl/α,β-unsaturated/α-hetero) is 1. The lowest BCUT2D eigenvalue weighted by Gasteiger charge is -2.25. The van der Waals surface area contributed by atoms with Gasteiger partial charge in [-0.05, 0) is 62.2 Å². The first-order valence-corrected chi connectivity index (χ1v) is 10.9. The number of anilines is 1. The Hall–Kier alpha value is -3.22. The molecule has 0 spiro atoms. The quantitative estimate of drug-likeness (QED) is 0.272. The van der Waals surface area contributed by atoms with Crippen molar-refractivity contribution in [2.75, 3.05) is 12.0 Å². The Morgan fingerprint density at radius 1 is 1.09 bits per heavy atom. The average molecular weight is 486 g/mol.